The lowest BCUT2D eigenvalue weighted by Gasteiger charge is -2.33. The summed E-state index contributed by atoms with van der Waals surface area (Å²) in [5.74, 6) is 1.88. The Balaban J connectivity index is 2.37. The Morgan fingerprint density at radius 3 is 2.28 bits per heavy atom. The lowest BCUT2D eigenvalue weighted by molar-refractivity contribution is -0.118. The van der Waals surface area contributed by atoms with Crippen LogP contribution < -0.4 is 0 Å². The summed E-state index contributed by atoms with van der Waals surface area (Å²) in [6.45, 7) is 10.0. The van der Waals surface area contributed by atoms with Gasteiger partial charge in [0, 0.05) is 13.0 Å². The van der Waals surface area contributed by atoms with Gasteiger partial charge in [0.2, 0.25) is 0 Å². The fourth-order valence-corrected chi connectivity index (χ4v) is 3.45. The Bertz CT molecular complexity index is 233. The average molecular weight is 253 g/mol. The predicted octanol–water partition coefficient (Wildman–Crippen LogP) is 3.89. The molecule has 0 bridgehead atoms. The van der Waals surface area contributed by atoms with Gasteiger partial charge in [-0.25, -0.2) is 0 Å². The second-order valence-corrected chi connectivity index (χ2v) is 6.11. The van der Waals surface area contributed by atoms with Gasteiger partial charge in [0.05, 0.1) is 0 Å². The molecule has 1 rings (SSSR count). The second kappa shape index (κ2) is 8.68. The Kier molecular flexibility index (Phi) is 7.57. The van der Waals surface area contributed by atoms with Gasteiger partial charge in [0.15, 0.2) is 0 Å². The zero-order valence-corrected chi connectivity index (χ0v) is 12.6. The monoisotopic (exact) mass is 253 g/mol. The number of ketones is 1. The van der Waals surface area contributed by atoms with Crippen LogP contribution in [0.5, 0.6) is 0 Å². The summed E-state index contributed by atoms with van der Waals surface area (Å²) in [5.41, 5.74) is 0. The first-order valence-electron chi connectivity index (χ1n) is 7.87. The maximum Gasteiger partial charge on any atom is 0.130 e. The number of hydrogen-bond acceptors (Lipinski definition) is 2. The molecule has 0 radical (unpaired) electrons. The summed E-state index contributed by atoms with van der Waals surface area (Å²) in [7, 11) is 0. The number of hydrogen-bond donors (Lipinski definition) is 0. The molecule has 0 saturated heterocycles. The van der Waals surface area contributed by atoms with Crippen molar-refractivity contribution in [2.45, 2.75) is 65.7 Å². The number of carbonyl (C=O) groups excluding carboxylic acids is 1. The summed E-state index contributed by atoms with van der Waals surface area (Å²) in [6, 6.07) is 0. The van der Waals surface area contributed by atoms with E-state index in [1.54, 1.807) is 6.92 Å². The van der Waals surface area contributed by atoms with Gasteiger partial charge in [0.25, 0.3) is 0 Å². The standard InChI is InChI=1S/C16H31NO/c1-4-9-17(10-5-2)13-16-8-6-7-15(12-16)11-14(3)18/h15-16H,4-13H2,1-3H3. The molecule has 0 aromatic carbocycles. The van der Waals surface area contributed by atoms with Crippen molar-refractivity contribution in [3.8, 4) is 0 Å². The van der Waals surface area contributed by atoms with Crippen molar-refractivity contribution in [2.75, 3.05) is 19.6 Å². The van der Waals surface area contributed by atoms with Gasteiger partial charge in [-0.05, 0) is 57.5 Å². The molecule has 1 fully saturated rings. The summed E-state index contributed by atoms with van der Waals surface area (Å²) in [4.78, 5) is 13.9. The third kappa shape index (κ3) is 5.99. The molecule has 2 unspecified atom stereocenters. The normalized spacial score (nSPS) is 24.4. The molecule has 106 valence electrons. The average Bonchev–Trinajstić information content (AvgIpc) is 2.29. The maximum atomic E-state index is 11.2. The highest BCUT2D eigenvalue weighted by Crippen LogP contribution is 2.31. The zero-order chi connectivity index (χ0) is 13.4. The van der Waals surface area contributed by atoms with E-state index in [0.29, 0.717) is 11.7 Å². The van der Waals surface area contributed by atoms with Gasteiger partial charge in [0.1, 0.15) is 5.78 Å². The van der Waals surface area contributed by atoms with Gasteiger partial charge in [-0.2, -0.15) is 0 Å². The van der Waals surface area contributed by atoms with Crippen LogP contribution in [0.4, 0.5) is 0 Å². The molecule has 0 heterocycles. The molecule has 2 heteroatoms. The van der Waals surface area contributed by atoms with E-state index in [4.69, 9.17) is 0 Å². The van der Waals surface area contributed by atoms with Gasteiger partial charge >= 0.3 is 0 Å². The van der Waals surface area contributed by atoms with Gasteiger partial charge < -0.3 is 9.69 Å². The van der Waals surface area contributed by atoms with E-state index in [2.05, 4.69) is 18.7 Å². The Morgan fingerprint density at radius 2 is 1.72 bits per heavy atom. The molecule has 0 amide bonds. The lowest BCUT2D eigenvalue weighted by atomic mass is 9.79. The van der Waals surface area contributed by atoms with Gasteiger partial charge in [-0.15, -0.1) is 0 Å². The summed E-state index contributed by atoms with van der Waals surface area (Å²) in [5, 5.41) is 0. The molecular weight excluding hydrogens is 222 g/mol. The Labute approximate surface area is 113 Å². The Hall–Kier alpha value is -0.370. The smallest absolute Gasteiger partial charge is 0.130 e. The van der Waals surface area contributed by atoms with Crippen LogP contribution in [0.3, 0.4) is 0 Å². The van der Waals surface area contributed by atoms with Crippen LogP contribution in [0.2, 0.25) is 0 Å². The molecule has 2 atom stereocenters. The van der Waals surface area contributed by atoms with Crippen LogP contribution in [0.15, 0.2) is 0 Å². The lowest BCUT2D eigenvalue weighted by Crippen LogP contribution is -2.33. The topological polar surface area (TPSA) is 20.3 Å². The zero-order valence-electron chi connectivity index (χ0n) is 12.6. The molecule has 0 aromatic rings. The van der Waals surface area contributed by atoms with Crippen LogP contribution >= 0.6 is 0 Å². The Morgan fingerprint density at radius 1 is 1.11 bits per heavy atom. The largest absolute Gasteiger partial charge is 0.303 e. The molecule has 1 saturated carbocycles. The van der Waals surface area contributed by atoms with Crippen molar-refractivity contribution < 1.29 is 4.79 Å². The molecule has 0 spiro atoms. The van der Waals surface area contributed by atoms with Crippen molar-refractivity contribution in [2.24, 2.45) is 11.8 Å². The summed E-state index contributed by atoms with van der Waals surface area (Å²) >= 11 is 0. The molecule has 2 nitrogen and oxygen atoms in total. The third-order valence-electron chi connectivity index (χ3n) is 4.06. The fraction of sp³-hybridized carbons (Fsp3) is 0.938. The fourth-order valence-electron chi connectivity index (χ4n) is 3.45. The van der Waals surface area contributed by atoms with Crippen LogP contribution in [0.25, 0.3) is 0 Å². The van der Waals surface area contributed by atoms with Crippen molar-refractivity contribution in [3.63, 3.8) is 0 Å². The maximum absolute atomic E-state index is 11.2. The highest BCUT2D eigenvalue weighted by Gasteiger charge is 2.24. The molecule has 1 aliphatic rings. The van der Waals surface area contributed by atoms with Crippen LogP contribution in [-0.2, 0) is 4.79 Å². The number of Topliss-reactive ketones (excluding diaryl/α,β-unsaturated/α-hetero) is 1. The predicted molar refractivity (Wildman–Crippen MR) is 77.8 cm³/mol. The highest BCUT2D eigenvalue weighted by atomic mass is 16.1. The van der Waals surface area contributed by atoms with Crippen molar-refractivity contribution in [1.29, 1.82) is 0 Å². The van der Waals surface area contributed by atoms with E-state index in [-0.39, 0.29) is 0 Å². The first-order valence-corrected chi connectivity index (χ1v) is 7.87. The highest BCUT2D eigenvalue weighted by molar-refractivity contribution is 5.75. The van der Waals surface area contributed by atoms with Gasteiger partial charge in [-0.1, -0.05) is 26.7 Å². The van der Waals surface area contributed by atoms with E-state index in [0.717, 1.165) is 12.3 Å². The number of nitrogens with zero attached hydrogens (tertiary/aromatic N) is 1. The van der Waals surface area contributed by atoms with E-state index in [9.17, 15) is 4.79 Å². The summed E-state index contributed by atoms with van der Waals surface area (Å²) in [6.07, 6.45) is 8.58. The van der Waals surface area contributed by atoms with E-state index in [1.807, 2.05) is 0 Å². The molecule has 18 heavy (non-hydrogen) atoms. The minimum atomic E-state index is 0.375. The van der Waals surface area contributed by atoms with Crippen LogP contribution in [0.1, 0.15) is 65.7 Å². The van der Waals surface area contributed by atoms with Gasteiger partial charge in [-0.3, -0.25) is 0 Å². The van der Waals surface area contributed by atoms with E-state index >= 15 is 0 Å². The van der Waals surface area contributed by atoms with Crippen molar-refractivity contribution >= 4 is 5.78 Å². The van der Waals surface area contributed by atoms with Crippen LogP contribution in [0, 0.1) is 11.8 Å². The van der Waals surface area contributed by atoms with Crippen molar-refractivity contribution in [1.82, 2.24) is 4.90 Å². The van der Waals surface area contributed by atoms with Crippen LogP contribution in [-0.4, -0.2) is 30.3 Å². The first kappa shape index (κ1) is 15.7. The molecule has 1 aliphatic carbocycles. The molecule has 0 aromatic heterocycles. The number of carbonyl (C=O) groups is 1. The molecule has 0 aliphatic heterocycles. The molecular formula is C16H31NO. The summed E-state index contributed by atoms with van der Waals surface area (Å²) < 4.78 is 0. The van der Waals surface area contributed by atoms with E-state index < -0.39 is 0 Å². The minimum absolute atomic E-state index is 0.375. The number of rotatable bonds is 8. The quantitative estimate of drug-likeness (QED) is 0.654. The van der Waals surface area contributed by atoms with E-state index in [1.165, 1.54) is 58.2 Å². The minimum Gasteiger partial charge on any atom is -0.303 e. The SMILES string of the molecule is CCCN(CCC)CC1CCCC(CC(C)=O)C1. The first-order chi connectivity index (χ1) is 8.65. The van der Waals surface area contributed by atoms with Crippen molar-refractivity contribution in [3.05, 3.63) is 0 Å². The second-order valence-electron chi connectivity index (χ2n) is 6.11. The molecule has 0 N–H and O–H groups in total. The third-order valence-corrected chi connectivity index (χ3v) is 4.06.